The van der Waals surface area contributed by atoms with E-state index in [1.807, 2.05) is 6.07 Å². The van der Waals surface area contributed by atoms with Crippen LogP contribution in [0.2, 0.25) is 0 Å². The maximum atomic E-state index is 12.0. The maximum Gasteiger partial charge on any atom is 0.170 e. The number of hydrogen-bond acceptors (Lipinski definition) is 3. The summed E-state index contributed by atoms with van der Waals surface area (Å²) in [6.45, 7) is 7.97. The zero-order chi connectivity index (χ0) is 14.6. The lowest BCUT2D eigenvalue weighted by molar-refractivity contribution is -0.117. The lowest BCUT2D eigenvalue weighted by atomic mass is 9.84. The van der Waals surface area contributed by atoms with Gasteiger partial charge in [0.15, 0.2) is 5.78 Å². The molecule has 1 rings (SSSR count). The fourth-order valence-electron chi connectivity index (χ4n) is 1.87. The zero-order valence-electron chi connectivity index (χ0n) is 12.4. The molecule has 0 aliphatic heterocycles. The Morgan fingerprint density at radius 3 is 2.32 bits per heavy atom. The summed E-state index contributed by atoms with van der Waals surface area (Å²) < 4.78 is 5.33. The van der Waals surface area contributed by atoms with Crippen LogP contribution in [0.15, 0.2) is 18.2 Å². The van der Waals surface area contributed by atoms with Gasteiger partial charge in [0.05, 0.1) is 13.5 Å². The quantitative estimate of drug-likeness (QED) is 0.602. The van der Waals surface area contributed by atoms with Crippen molar-refractivity contribution in [2.45, 2.75) is 46.0 Å². The second-order valence-electron chi connectivity index (χ2n) is 5.66. The van der Waals surface area contributed by atoms with Crippen LogP contribution in [0.1, 0.15) is 56.5 Å². The normalized spacial score (nSPS) is 11.2. The minimum Gasteiger partial charge on any atom is -0.496 e. The highest BCUT2D eigenvalue weighted by Gasteiger charge is 2.21. The molecule has 0 saturated carbocycles. The molecule has 0 aliphatic rings. The van der Waals surface area contributed by atoms with Gasteiger partial charge in [0.1, 0.15) is 11.5 Å². The molecule has 3 nitrogen and oxygen atoms in total. The molecule has 0 atom stereocenters. The van der Waals surface area contributed by atoms with E-state index in [1.165, 1.54) is 0 Å². The molecular formula is C16H22O3. The number of ether oxygens (including phenoxy) is 1. The lowest BCUT2D eigenvalue weighted by Gasteiger charge is -2.22. The summed E-state index contributed by atoms with van der Waals surface area (Å²) in [5, 5.41) is 0. The minimum atomic E-state index is -0.125. The molecule has 0 unspecified atom stereocenters. The van der Waals surface area contributed by atoms with Crippen LogP contribution in [0, 0.1) is 0 Å². The van der Waals surface area contributed by atoms with Gasteiger partial charge in [-0.1, -0.05) is 27.7 Å². The third-order valence-electron chi connectivity index (χ3n) is 3.08. The number of Topliss-reactive ketones (excluding diaryl/α,β-unsaturated/α-hetero) is 2. The molecule has 0 N–H and O–H groups in total. The van der Waals surface area contributed by atoms with Gasteiger partial charge in [-0.05, 0) is 23.6 Å². The number of hydrogen-bond donors (Lipinski definition) is 0. The minimum absolute atomic E-state index is 0.0214. The van der Waals surface area contributed by atoms with Crippen LogP contribution >= 0.6 is 0 Å². The summed E-state index contributed by atoms with van der Waals surface area (Å²) in [5.41, 5.74) is 1.44. The first-order chi connectivity index (χ1) is 8.79. The number of methoxy groups -OCH3 is 1. The molecular weight excluding hydrogens is 240 g/mol. The molecule has 1 aromatic rings. The van der Waals surface area contributed by atoms with E-state index in [1.54, 1.807) is 26.2 Å². The van der Waals surface area contributed by atoms with Gasteiger partial charge in [-0.25, -0.2) is 0 Å². The van der Waals surface area contributed by atoms with Gasteiger partial charge in [0.2, 0.25) is 0 Å². The second kappa shape index (κ2) is 6.00. The van der Waals surface area contributed by atoms with Crippen LogP contribution in [0.5, 0.6) is 5.75 Å². The van der Waals surface area contributed by atoms with Crippen LogP contribution in [-0.4, -0.2) is 18.7 Å². The third kappa shape index (κ3) is 3.91. The van der Waals surface area contributed by atoms with Crippen LogP contribution in [-0.2, 0) is 10.2 Å². The summed E-state index contributed by atoms with van der Waals surface area (Å²) in [4.78, 5) is 23.4. The van der Waals surface area contributed by atoms with Gasteiger partial charge in [0.25, 0.3) is 0 Å². The van der Waals surface area contributed by atoms with Crippen molar-refractivity contribution < 1.29 is 14.3 Å². The van der Waals surface area contributed by atoms with E-state index < -0.39 is 0 Å². The number of rotatable bonds is 5. The second-order valence-corrected chi connectivity index (χ2v) is 5.66. The van der Waals surface area contributed by atoms with E-state index in [2.05, 4.69) is 20.8 Å². The third-order valence-corrected chi connectivity index (χ3v) is 3.08. The molecule has 0 aromatic heterocycles. The Labute approximate surface area is 115 Å². The summed E-state index contributed by atoms with van der Waals surface area (Å²) in [6.07, 6.45) is 0.375. The van der Waals surface area contributed by atoms with Crippen molar-refractivity contribution in [3.63, 3.8) is 0 Å². The summed E-state index contributed by atoms with van der Waals surface area (Å²) >= 11 is 0. The summed E-state index contributed by atoms with van der Waals surface area (Å²) in [6, 6.07) is 5.35. The maximum absolute atomic E-state index is 12.0. The predicted molar refractivity (Wildman–Crippen MR) is 75.9 cm³/mol. The highest BCUT2D eigenvalue weighted by molar-refractivity contribution is 6.08. The van der Waals surface area contributed by atoms with Crippen molar-refractivity contribution in [1.82, 2.24) is 0 Å². The topological polar surface area (TPSA) is 43.4 Å². The van der Waals surface area contributed by atoms with Crippen LogP contribution in [0.25, 0.3) is 0 Å². The van der Waals surface area contributed by atoms with Crippen LogP contribution in [0.3, 0.4) is 0 Å². The Hall–Kier alpha value is -1.64. The van der Waals surface area contributed by atoms with Crippen LogP contribution in [0.4, 0.5) is 0 Å². The highest BCUT2D eigenvalue weighted by Crippen LogP contribution is 2.32. The molecule has 19 heavy (non-hydrogen) atoms. The molecule has 0 bridgehead atoms. The van der Waals surface area contributed by atoms with Crippen molar-refractivity contribution in [3.8, 4) is 5.75 Å². The Kier molecular flexibility index (Phi) is 4.87. The molecule has 0 aliphatic carbocycles. The first-order valence-corrected chi connectivity index (χ1v) is 6.53. The van der Waals surface area contributed by atoms with Gasteiger partial charge < -0.3 is 4.74 Å². The molecule has 0 amide bonds. The number of ketones is 2. The molecule has 0 radical (unpaired) electrons. The number of benzene rings is 1. The standard InChI is InChI=1S/C16H22O3/c1-6-12(17)10-14(18)11-7-8-15(19-5)13(9-11)16(2,3)4/h7-9H,6,10H2,1-5H3. The molecule has 0 fully saturated rings. The zero-order valence-corrected chi connectivity index (χ0v) is 12.4. The lowest BCUT2D eigenvalue weighted by Crippen LogP contribution is -2.15. The Balaban J connectivity index is 3.12. The van der Waals surface area contributed by atoms with Gasteiger partial charge in [-0.15, -0.1) is 0 Å². The first-order valence-electron chi connectivity index (χ1n) is 6.53. The van der Waals surface area contributed by atoms with Crippen LogP contribution < -0.4 is 4.74 Å². The predicted octanol–water partition coefficient (Wildman–Crippen LogP) is 3.54. The Bertz CT molecular complexity index is 481. The smallest absolute Gasteiger partial charge is 0.170 e. The van der Waals surface area contributed by atoms with Gasteiger partial charge in [-0.2, -0.15) is 0 Å². The number of carbonyl (C=O) groups excluding carboxylic acids is 2. The largest absolute Gasteiger partial charge is 0.496 e. The number of carbonyl (C=O) groups is 2. The molecule has 1 aromatic carbocycles. The highest BCUT2D eigenvalue weighted by atomic mass is 16.5. The fourth-order valence-corrected chi connectivity index (χ4v) is 1.87. The van der Waals surface area contributed by atoms with Gasteiger partial charge in [-0.3, -0.25) is 9.59 Å². The van der Waals surface area contributed by atoms with Crippen molar-refractivity contribution >= 4 is 11.6 Å². The SMILES string of the molecule is CCC(=O)CC(=O)c1ccc(OC)c(C(C)(C)C)c1. The molecule has 0 saturated heterocycles. The Morgan fingerprint density at radius 2 is 1.84 bits per heavy atom. The molecule has 3 heteroatoms. The monoisotopic (exact) mass is 262 g/mol. The molecule has 0 spiro atoms. The Morgan fingerprint density at radius 1 is 1.21 bits per heavy atom. The van der Waals surface area contributed by atoms with E-state index >= 15 is 0 Å². The van der Waals surface area contributed by atoms with Crippen molar-refractivity contribution in [2.24, 2.45) is 0 Å². The van der Waals surface area contributed by atoms with Gasteiger partial charge >= 0.3 is 0 Å². The van der Waals surface area contributed by atoms with Crippen molar-refractivity contribution in [1.29, 1.82) is 0 Å². The summed E-state index contributed by atoms with van der Waals surface area (Å²) in [5.74, 6) is 0.615. The van der Waals surface area contributed by atoms with Gasteiger partial charge in [0, 0.05) is 17.5 Å². The van der Waals surface area contributed by atoms with Crippen molar-refractivity contribution in [3.05, 3.63) is 29.3 Å². The fraction of sp³-hybridized carbons (Fsp3) is 0.500. The van der Waals surface area contributed by atoms with E-state index in [-0.39, 0.29) is 23.4 Å². The molecule has 104 valence electrons. The van der Waals surface area contributed by atoms with Crippen molar-refractivity contribution in [2.75, 3.05) is 7.11 Å². The average Bonchev–Trinajstić information content (AvgIpc) is 2.36. The van der Waals surface area contributed by atoms with E-state index in [0.717, 1.165) is 11.3 Å². The summed E-state index contributed by atoms with van der Waals surface area (Å²) in [7, 11) is 1.62. The molecule has 0 heterocycles. The van der Waals surface area contributed by atoms with E-state index in [0.29, 0.717) is 12.0 Å². The van der Waals surface area contributed by atoms with E-state index in [4.69, 9.17) is 4.74 Å². The first kappa shape index (κ1) is 15.4. The van der Waals surface area contributed by atoms with E-state index in [9.17, 15) is 9.59 Å². The average molecular weight is 262 g/mol.